The first-order valence-corrected chi connectivity index (χ1v) is 8.43. The van der Waals surface area contributed by atoms with Crippen LogP contribution in [0.2, 0.25) is 0 Å². The molecule has 2 aliphatic rings. The van der Waals surface area contributed by atoms with Crippen molar-refractivity contribution in [2.75, 3.05) is 19.6 Å². The van der Waals surface area contributed by atoms with E-state index in [0.717, 1.165) is 41.6 Å². The Hall–Kier alpha value is -0.940. The Morgan fingerprint density at radius 1 is 1.35 bits per heavy atom. The molecule has 2 atom stereocenters. The van der Waals surface area contributed by atoms with Gasteiger partial charge in [-0.05, 0) is 52.0 Å². The van der Waals surface area contributed by atoms with Gasteiger partial charge in [-0.15, -0.1) is 11.3 Å². The first-order valence-electron chi connectivity index (χ1n) is 7.62. The average Bonchev–Trinajstić information content (AvgIpc) is 3.08. The van der Waals surface area contributed by atoms with Gasteiger partial charge >= 0.3 is 0 Å². The summed E-state index contributed by atoms with van der Waals surface area (Å²) < 4.78 is 0. The summed E-state index contributed by atoms with van der Waals surface area (Å²) in [6.07, 6.45) is 4.93. The number of likely N-dealkylation sites (tertiary alicyclic amines) is 1. The van der Waals surface area contributed by atoms with Gasteiger partial charge in [0, 0.05) is 19.1 Å². The quantitative estimate of drug-likeness (QED) is 0.910. The van der Waals surface area contributed by atoms with Gasteiger partial charge in [-0.1, -0.05) is 0 Å². The highest BCUT2D eigenvalue weighted by molar-refractivity contribution is 7.13. The van der Waals surface area contributed by atoms with Crippen LogP contribution in [0.1, 0.15) is 46.1 Å². The smallest absolute Gasteiger partial charge is 0.265 e. The average molecular weight is 293 g/mol. The maximum absolute atomic E-state index is 12.7. The van der Waals surface area contributed by atoms with Gasteiger partial charge in [0.05, 0.1) is 10.7 Å². The third-order valence-corrected chi connectivity index (χ3v) is 5.57. The number of rotatable bonds is 2. The zero-order valence-corrected chi connectivity index (χ0v) is 13.1. The summed E-state index contributed by atoms with van der Waals surface area (Å²) >= 11 is 1.53. The van der Waals surface area contributed by atoms with Gasteiger partial charge in [0.1, 0.15) is 4.88 Å². The number of aryl methyl sites for hydroxylation is 2. The van der Waals surface area contributed by atoms with Crippen molar-refractivity contribution in [1.82, 2.24) is 15.2 Å². The van der Waals surface area contributed by atoms with Crippen molar-refractivity contribution in [2.45, 2.75) is 45.6 Å². The third-order valence-electron chi connectivity index (χ3n) is 4.51. The monoisotopic (exact) mass is 293 g/mol. The summed E-state index contributed by atoms with van der Waals surface area (Å²) in [5.74, 6) is 0.820. The van der Waals surface area contributed by atoms with Crippen LogP contribution in [0.15, 0.2) is 0 Å². The van der Waals surface area contributed by atoms with E-state index in [2.05, 4.69) is 10.3 Å². The molecule has 1 amide bonds. The minimum atomic E-state index is 0.191. The summed E-state index contributed by atoms with van der Waals surface area (Å²) in [5, 5.41) is 4.58. The molecule has 5 heteroatoms. The number of aromatic nitrogens is 1. The van der Waals surface area contributed by atoms with Crippen LogP contribution < -0.4 is 5.32 Å². The number of carbonyl (C=O) groups excluding carboxylic acids is 1. The molecule has 2 fully saturated rings. The summed E-state index contributed by atoms with van der Waals surface area (Å²) in [7, 11) is 0. The van der Waals surface area contributed by atoms with Crippen LogP contribution in [0.3, 0.4) is 0 Å². The molecular weight excluding hydrogens is 270 g/mol. The van der Waals surface area contributed by atoms with Gasteiger partial charge in [0.2, 0.25) is 0 Å². The molecule has 3 heterocycles. The van der Waals surface area contributed by atoms with E-state index in [-0.39, 0.29) is 5.91 Å². The molecule has 2 saturated heterocycles. The number of hydrogen-bond acceptors (Lipinski definition) is 4. The molecule has 0 spiro atoms. The van der Waals surface area contributed by atoms with E-state index in [0.29, 0.717) is 12.0 Å². The largest absolute Gasteiger partial charge is 0.338 e. The van der Waals surface area contributed by atoms with Gasteiger partial charge in [-0.25, -0.2) is 4.98 Å². The number of carbonyl (C=O) groups is 1. The lowest BCUT2D eigenvalue weighted by Crippen LogP contribution is -2.45. The second-order valence-electron chi connectivity index (χ2n) is 6.00. The zero-order valence-electron chi connectivity index (χ0n) is 12.3. The SMILES string of the molecule is Cc1nc(C)c(C(=O)N2CCCC(C3CCCN3)C2)s1. The van der Waals surface area contributed by atoms with Crippen molar-refractivity contribution in [1.29, 1.82) is 0 Å². The van der Waals surface area contributed by atoms with E-state index in [1.807, 2.05) is 18.7 Å². The molecule has 110 valence electrons. The molecule has 0 saturated carbocycles. The molecule has 2 aliphatic heterocycles. The van der Waals surface area contributed by atoms with Crippen LogP contribution in [0, 0.1) is 19.8 Å². The fraction of sp³-hybridized carbons (Fsp3) is 0.733. The van der Waals surface area contributed by atoms with Crippen LogP contribution in [-0.4, -0.2) is 41.5 Å². The number of hydrogen-bond donors (Lipinski definition) is 1. The van der Waals surface area contributed by atoms with Gasteiger partial charge in [0.15, 0.2) is 0 Å². The maximum atomic E-state index is 12.7. The van der Waals surface area contributed by atoms with Crippen molar-refractivity contribution < 1.29 is 4.79 Å². The number of piperidine rings is 1. The molecular formula is C15H23N3OS. The Morgan fingerprint density at radius 3 is 2.85 bits per heavy atom. The second kappa shape index (κ2) is 5.82. The minimum Gasteiger partial charge on any atom is -0.338 e. The van der Waals surface area contributed by atoms with E-state index in [1.165, 1.54) is 30.6 Å². The van der Waals surface area contributed by atoms with Gasteiger partial charge in [-0.3, -0.25) is 4.79 Å². The van der Waals surface area contributed by atoms with Crippen LogP contribution >= 0.6 is 11.3 Å². The first kappa shape index (κ1) is 14.0. The molecule has 0 radical (unpaired) electrons. The number of nitrogens with zero attached hydrogens (tertiary/aromatic N) is 2. The summed E-state index contributed by atoms with van der Waals surface area (Å²) in [4.78, 5) is 19.9. The number of amides is 1. The molecule has 3 rings (SSSR count). The van der Waals surface area contributed by atoms with Gasteiger partial charge in [0.25, 0.3) is 5.91 Å². The Balaban J connectivity index is 1.70. The topological polar surface area (TPSA) is 45.2 Å². The third kappa shape index (κ3) is 2.74. The summed E-state index contributed by atoms with van der Waals surface area (Å²) in [6, 6.07) is 0.620. The van der Waals surface area contributed by atoms with Crippen molar-refractivity contribution in [3.05, 3.63) is 15.6 Å². The van der Waals surface area contributed by atoms with Crippen molar-refractivity contribution in [3.8, 4) is 0 Å². The van der Waals surface area contributed by atoms with E-state index < -0.39 is 0 Å². The lowest BCUT2D eigenvalue weighted by Gasteiger charge is -2.35. The number of thiazole rings is 1. The van der Waals surface area contributed by atoms with Crippen LogP contribution in [0.5, 0.6) is 0 Å². The summed E-state index contributed by atoms with van der Waals surface area (Å²) in [5.41, 5.74) is 0.888. The lowest BCUT2D eigenvalue weighted by atomic mass is 9.89. The van der Waals surface area contributed by atoms with Crippen LogP contribution in [0.25, 0.3) is 0 Å². The van der Waals surface area contributed by atoms with E-state index in [1.54, 1.807) is 0 Å². The summed E-state index contributed by atoms with van der Waals surface area (Å²) in [6.45, 7) is 6.86. The fourth-order valence-electron chi connectivity index (χ4n) is 3.51. The van der Waals surface area contributed by atoms with Crippen LogP contribution in [-0.2, 0) is 0 Å². The lowest BCUT2D eigenvalue weighted by molar-refractivity contribution is 0.0655. The normalized spacial score (nSPS) is 27.0. The van der Waals surface area contributed by atoms with E-state index >= 15 is 0 Å². The molecule has 1 aromatic rings. The van der Waals surface area contributed by atoms with Crippen molar-refractivity contribution >= 4 is 17.2 Å². The zero-order chi connectivity index (χ0) is 14.1. The Morgan fingerprint density at radius 2 is 2.20 bits per heavy atom. The standard InChI is InChI=1S/C15H23N3OS/c1-10-14(20-11(2)17-10)15(19)18-8-4-5-12(9-18)13-6-3-7-16-13/h12-13,16H,3-9H2,1-2H3. The van der Waals surface area contributed by atoms with Gasteiger partial charge < -0.3 is 10.2 Å². The molecule has 4 nitrogen and oxygen atoms in total. The molecule has 1 aromatic heterocycles. The Kier molecular flexibility index (Phi) is 4.08. The predicted octanol–water partition coefficient (Wildman–Crippen LogP) is 2.36. The second-order valence-corrected chi connectivity index (χ2v) is 7.21. The van der Waals surface area contributed by atoms with Crippen molar-refractivity contribution in [2.24, 2.45) is 5.92 Å². The highest BCUT2D eigenvalue weighted by Gasteiger charge is 2.32. The molecule has 0 bridgehead atoms. The molecule has 1 N–H and O–H groups in total. The Bertz CT molecular complexity index is 493. The molecule has 0 aliphatic carbocycles. The van der Waals surface area contributed by atoms with Crippen LogP contribution in [0.4, 0.5) is 0 Å². The number of nitrogens with one attached hydrogen (secondary N) is 1. The molecule has 2 unspecified atom stereocenters. The maximum Gasteiger partial charge on any atom is 0.265 e. The highest BCUT2D eigenvalue weighted by atomic mass is 32.1. The van der Waals surface area contributed by atoms with Crippen molar-refractivity contribution in [3.63, 3.8) is 0 Å². The minimum absolute atomic E-state index is 0.191. The van der Waals surface area contributed by atoms with E-state index in [9.17, 15) is 4.79 Å². The Labute approximate surface area is 124 Å². The predicted molar refractivity (Wildman–Crippen MR) is 81.2 cm³/mol. The first-order chi connectivity index (χ1) is 9.65. The fourth-order valence-corrected chi connectivity index (χ4v) is 4.40. The van der Waals surface area contributed by atoms with E-state index in [4.69, 9.17) is 0 Å². The molecule has 20 heavy (non-hydrogen) atoms. The van der Waals surface area contributed by atoms with Gasteiger partial charge in [-0.2, -0.15) is 0 Å². The molecule has 0 aromatic carbocycles. The highest BCUT2D eigenvalue weighted by Crippen LogP contribution is 2.27.